The van der Waals surface area contributed by atoms with Gasteiger partial charge < -0.3 is 0 Å². The molecule has 0 N–H and O–H groups in total. The van der Waals surface area contributed by atoms with Crippen LogP contribution < -0.4 is 0 Å². The van der Waals surface area contributed by atoms with Gasteiger partial charge in [-0.05, 0) is 29.7 Å². The third-order valence-corrected chi connectivity index (χ3v) is 2.69. The fraction of sp³-hybridized carbons (Fsp3) is 0.133. The molecule has 0 fully saturated rings. The second-order valence-corrected chi connectivity index (χ2v) is 4.26. The fourth-order valence-electron chi connectivity index (χ4n) is 1.60. The van der Waals surface area contributed by atoms with Crippen molar-refractivity contribution in [1.82, 2.24) is 0 Å². The van der Waals surface area contributed by atoms with E-state index in [9.17, 15) is 0 Å². The average molecular weight is 244 g/mol. The van der Waals surface area contributed by atoms with Crippen molar-refractivity contribution in [2.75, 3.05) is 6.54 Å². The number of nitrogens with zero attached hydrogens (tertiary/aromatic N) is 1. The predicted octanol–water partition coefficient (Wildman–Crippen LogP) is 4.00. The van der Waals surface area contributed by atoms with Gasteiger partial charge in [-0.2, -0.15) is 0 Å². The summed E-state index contributed by atoms with van der Waals surface area (Å²) in [6.45, 7) is 0.787. The Morgan fingerprint density at radius 1 is 1.00 bits per heavy atom. The second-order valence-electron chi connectivity index (χ2n) is 3.83. The summed E-state index contributed by atoms with van der Waals surface area (Å²) in [7, 11) is 0. The molecule has 0 bridgehead atoms. The van der Waals surface area contributed by atoms with E-state index in [1.807, 2.05) is 54.7 Å². The Hall–Kier alpha value is -1.60. The number of hydrogen-bond acceptors (Lipinski definition) is 1. The molecule has 0 aliphatic carbocycles. The summed E-state index contributed by atoms with van der Waals surface area (Å²) in [5.41, 5.74) is 2.36. The molecule has 0 unspecified atom stereocenters. The van der Waals surface area contributed by atoms with E-state index in [1.54, 1.807) is 0 Å². The molecule has 0 aliphatic heterocycles. The molecule has 2 aromatic rings. The van der Waals surface area contributed by atoms with E-state index in [0.29, 0.717) is 0 Å². The van der Waals surface area contributed by atoms with Crippen LogP contribution in [0.15, 0.2) is 59.6 Å². The summed E-state index contributed by atoms with van der Waals surface area (Å²) < 4.78 is 0. The Kier molecular flexibility index (Phi) is 4.34. The van der Waals surface area contributed by atoms with Crippen LogP contribution in [0.3, 0.4) is 0 Å². The predicted molar refractivity (Wildman–Crippen MR) is 74.1 cm³/mol. The minimum Gasteiger partial charge on any atom is -0.292 e. The van der Waals surface area contributed by atoms with Crippen molar-refractivity contribution in [3.05, 3.63) is 70.7 Å². The van der Waals surface area contributed by atoms with Crippen LogP contribution in [0.4, 0.5) is 0 Å². The van der Waals surface area contributed by atoms with Gasteiger partial charge in [-0.25, -0.2) is 0 Å². The van der Waals surface area contributed by atoms with Crippen LogP contribution in [0, 0.1) is 0 Å². The topological polar surface area (TPSA) is 12.4 Å². The summed E-state index contributed by atoms with van der Waals surface area (Å²) in [5, 5.41) is 0.787. The number of aliphatic imine (C=N–C) groups is 1. The minimum absolute atomic E-state index is 0.787. The molecule has 0 saturated carbocycles. The Balaban J connectivity index is 1.86. The zero-order chi connectivity index (χ0) is 11.9. The number of hydrogen-bond donors (Lipinski definition) is 0. The van der Waals surface area contributed by atoms with Crippen molar-refractivity contribution in [3.63, 3.8) is 0 Å². The van der Waals surface area contributed by atoms with E-state index in [0.717, 1.165) is 23.6 Å². The number of halogens is 1. The highest BCUT2D eigenvalue weighted by Gasteiger charge is 1.92. The molecular weight excluding hydrogens is 230 g/mol. The van der Waals surface area contributed by atoms with Crippen LogP contribution in [0.1, 0.15) is 11.1 Å². The Morgan fingerprint density at radius 3 is 2.59 bits per heavy atom. The summed E-state index contributed by atoms with van der Waals surface area (Å²) in [6.07, 6.45) is 2.83. The monoisotopic (exact) mass is 243 g/mol. The molecular formula is C15H14ClN. The first-order valence-corrected chi connectivity index (χ1v) is 6.02. The highest BCUT2D eigenvalue weighted by Crippen LogP contribution is 2.10. The minimum atomic E-state index is 0.787. The molecule has 1 nitrogen and oxygen atoms in total. The van der Waals surface area contributed by atoms with Gasteiger partial charge in [0.05, 0.1) is 0 Å². The maximum absolute atomic E-state index is 5.92. The van der Waals surface area contributed by atoms with E-state index in [-0.39, 0.29) is 0 Å². The normalized spacial score (nSPS) is 10.9. The van der Waals surface area contributed by atoms with Gasteiger partial charge in [-0.3, -0.25) is 4.99 Å². The van der Waals surface area contributed by atoms with Crippen molar-refractivity contribution in [1.29, 1.82) is 0 Å². The lowest BCUT2D eigenvalue weighted by atomic mass is 10.1. The van der Waals surface area contributed by atoms with Crippen molar-refractivity contribution >= 4 is 17.8 Å². The van der Waals surface area contributed by atoms with Gasteiger partial charge in [0, 0.05) is 17.8 Å². The summed E-state index contributed by atoms with van der Waals surface area (Å²) in [6, 6.07) is 18.0. The molecule has 0 aliphatic rings. The molecule has 2 heteroatoms. The SMILES string of the molecule is Clc1cccc(CC/N=C/c2ccccc2)c1. The molecule has 0 atom stereocenters. The molecule has 2 rings (SSSR count). The van der Waals surface area contributed by atoms with Gasteiger partial charge in [-0.15, -0.1) is 0 Å². The quantitative estimate of drug-likeness (QED) is 0.720. The lowest BCUT2D eigenvalue weighted by Crippen LogP contribution is -1.90. The molecule has 0 spiro atoms. The lowest BCUT2D eigenvalue weighted by Gasteiger charge is -1.98. The van der Waals surface area contributed by atoms with Gasteiger partial charge in [0.1, 0.15) is 0 Å². The first-order chi connectivity index (χ1) is 8.34. The van der Waals surface area contributed by atoms with E-state index < -0.39 is 0 Å². The van der Waals surface area contributed by atoms with Crippen LogP contribution in [-0.2, 0) is 6.42 Å². The molecule has 0 radical (unpaired) electrons. The van der Waals surface area contributed by atoms with Crippen molar-refractivity contribution in [3.8, 4) is 0 Å². The van der Waals surface area contributed by atoms with E-state index in [2.05, 4.69) is 11.1 Å². The third-order valence-electron chi connectivity index (χ3n) is 2.46. The fourth-order valence-corrected chi connectivity index (χ4v) is 1.81. The number of rotatable bonds is 4. The van der Waals surface area contributed by atoms with E-state index in [1.165, 1.54) is 5.56 Å². The Morgan fingerprint density at radius 2 is 1.82 bits per heavy atom. The van der Waals surface area contributed by atoms with Crippen molar-refractivity contribution in [2.45, 2.75) is 6.42 Å². The zero-order valence-electron chi connectivity index (χ0n) is 9.51. The van der Waals surface area contributed by atoms with Gasteiger partial charge in [0.15, 0.2) is 0 Å². The molecule has 0 aromatic heterocycles. The molecule has 0 amide bonds. The van der Waals surface area contributed by atoms with Gasteiger partial charge in [-0.1, -0.05) is 54.1 Å². The van der Waals surface area contributed by atoms with E-state index in [4.69, 9.17) is 11.6 Å². The zero-order valence-corrected chi connectivity index (χ0v) is 10.3. The average Bonchev–Trinajstić information content (AvgIpc) is 2.36. The number of benzene rings is 2. The maximum atomic E-state index is 5.92. The molecule has 86 valence electrons. The van der Waals surface area contributed by atoms with Gasteiger partial charge >= 0.3 is 0 Å². The summed E-state index contributed by atoms with van der Waals surface area (Å²) >= 11 is 5.92. The van der Waals surface area contributed by atoms with Crippen LogP contribution in [-0.4, -0.2) is 12.8 Å². The molecule has 17 heavy (non-hydrogen) atoms. The maximum Gasteiger partial charge on any atom is 0.0429 e. The first kappa shape index (κ1) is 11.9. The second kappa shape index (κ2) is 6.21. The molecule has 0 heterocycles. The summed E-state index contributed by atoms with van der Waals surface area (Å²) in [5.74, 6) is 0. The van der Waals surface area contributed by atoms with Crippen molar-refractivity contribution in [2.24, 2.45) is 4.99 Å². The van der Waals surface area contributed by atoms with Crippen LogP contribution in [0.2, 0.25) is 5.02 Å². The van der Waals surface area contributed by atoms with Gasteiger partial charge in [0.2, 0.25) is 0 Å². The molecule has 2 aromatic carbocycles. The van der Waals surface area contributed by atoms with Crippen LogP contribution >= 0.6 is 11.6 Å². The van der Waals surface area contributed by atoms with Gasteiger partial charge in [0.25, 0.3) is 0 Å². The Labute approximate surface area is 107 Å². The lowest BCUT2D eigenvalue weighted by molar-refractivity contribution is 0.973. The van der Waals surface area contributed by atoms with Crippen LogP contribution in [0.25, 0.3) is 0 Å². The first-order valence-electron chi connectivity index (χ1n) is 5.64. The third kappa shape index (κ3) is 4.04. The standard InChI is InChI=1S/C15H14ClN/c16-15-8-4-7-13(11-15)9-10-17-12-14-5-2-1-3-6-14/h1-8,11-12H,9-10H2/b17-12+. The Bertz CT molecular complexity index is 491. The smallest absolute Gasteiger partial charge is 0.0429 e. The molecule has 0 saturated heterocycles. The highest BCUT2D eigenvalue weighted by atomic mass is 35.5. The van der Waals surface area contributed by atoms with Crippen molar-refractivity contribution < 1.29 is 0 Å². The summed E-state index contributed by atoms with van der Waals surface area (Å²) in [4.78, 5) is 4.40. The highest BCUT2D eigenvalue weighted by molar-refractivity contribution is 6.30. The largest absolute Gasteiger partial charge is 0.292 e. The van der Waals surface area contributed by atoms with Crippen LogP contribution in [0.5, 0.6) is 0 Å². The van der Waals surface area contributed by atoms with E-state index >= 15 is 0 Å².